The van der Waals surface area contributed by atoms with Crippen molar-refractivity contribution >= 4 is 22.4 Å². The van der Waals surface area contributed by atoms with E-state index in [0.717, 1.165) is 22.3 Å². The van der Waals surface area contributed by atoms with Gasteiger partial charge in [0.1, 0.15) is 11.5 Å². The van der Waals surface area contributed by atoms with Gasteiger partial charge in [-0.15, -0.1) is 0 Å². The zero-order chi connectivity index (χ0) is 19.7. The number of benzene rings is 2. The number of carbonyl (C=O) groups is 1. The number of hydrogen-bond donors (Lipinski definition) is 1. The molecule has 0 aliphatic rings. The molecular formula is C22H19FN4O. The van der Waals surface area contributed by atoms with E-state index in [0.29, 0.717) is 17.6 Å². The summed E-state index contributed by atoms with van der Waals surface area (Å²) in [7, 11) is 0. The highest BCUT2D eigenvalue weighted by Crippen LogP contribution is 2.22. The lowest BCUT2D eigenvalue weighted by Gasteiger charge is -2.08. The van der Waals surface area contributed by atoms with Crippen LogP contribution in [-0.2, 0) is 6.54 Å². The first-order valence-electron chi connectivity index (χ1n) is 8.96. The smallest absolute Gasteiger partial charge is 0.274 e. The Morgan fingerprint density at radius 2 is 1.86 bits per heavy atom. The van der Waals surface area contributed by atoms with Crippen LogP contribution in [0, 0.1) is 19.7 Å². The number of aryl methyl sites for hydroxylation is 1. The zero-order valence-electron chi connectivity index (χ0n) is 15.6. The van der Waals surface area contributed by atoms with Gasteiger partial charge in [0.05, 0.1) is 23.6 Å². The monoisotopic (exact) mass is 374 g/mol. The fraction of sp³-hybridized carbons (Fsp3) is 0.136. The van der Waals surface area contributed by atoms with Crippen LogP contribution in [0.15, 0.2) is 60.8 Å². The summed E-state index contributed by atoms with van der Waals surface area (Å²) in [5, 5.41) is 8.88. The molecule has 0 unspecified atom stereocenters. The summed E-state index contributed by atoms with van der Waals surface area (Å²) in [4.78, 5) is 16.9. The van der Waals surface area contributed by atoms with Crippen molar-refractivity contribution in [2.45, 2.75) is 20.4 Å². The number of halogens is 1. The van der Waals surface area contributed by atoms with Crippen LogP contribution in [0.1, 0.15) is 27.4 Å². The lowest BCUT2D eigenvalue weighted by molar-refractivity contribution is 0.102. The number of anilines is 1. The highest BCUT2D eigenvalue weighted by Gasteiger charge is 2.16. The Hall–Kier alpha value is -3.54. The van der Waals surface area contributed by atoms with E-state index in [9.17, 15) is 9.18 Å². The van der Waals surface area contributed by atoms with Crippen LogP contribution >= 0.6 is 0 Å². The molecule has 1 N–H and O–H groups in total. The predicted octanol–water partition coefficient (Wildman–Crippen LogP) is 4.49. The third-order valence-corrected chi connectivity index (χ3v) is 4.71. The topological polar surface area (TPSA) is 59.8 Å². The van der Waals surface area contributed by atoms with E-state index in [4.69, 9.17) is 0 Å². The summed E-state index contributed by atoms with van der Waals surface area (Å²) in [6.45, 7) is 4.42. The molecule has 2 heterocycles. The average Bonchev–Trinajstić information content (AvgIpc) is 2.95. The van der Waals surface area contributed by atoms with E-state index in [2.05, 4.69) is 15.4 Å². The van der Waals surface area contributed by atoms with E-state index in [1.54, 1.807) is 12.1 Å². The van der Waals surface area contributed by atoms with E-state index in [-0.39, 0.29) is 17.4 Å². The van der Waals surface area contributed by atoms with Crippen LogP contribution in [0.2, 0.25) is 0 Å². The summed E-state index contributed by atoms with van der Waals surface area (Å²) in [6.07, 6.45) is 1.51. The minimum absolute atomic E-state index is 0.272. The van der Waals surface area contributed by atoms with Crippen LogP contribution < -0.4 is 5.32 Å². The SMILES string of the molecule is Cc1nn(Cc2ccccc2)c(C)c1NC(=O)c1cc2ccc(F)cc2cn1. The molecule has 5 nitrogen and oxygen atoms in total. The van der Waals surface area contributed by atoms with Gasteiger partial charge in [0.25, 0.3) is 5.91 Å². The van der Waals surface area contributed by atoms with E-state index in [1.165, 1.54) is 18.3 Å². The first-order valence-corrected chi connectivity index (χ1v) is 8.96. The molecule has 0 saturated carbocycles. The molecular weight excluding hydrogens is 355 g/mol. The Morgan fingerprint density at radius 3 is 2.64 bits per heavy atom. The van der Waals surface area contributed by atoms with Crippen LogP contribution in [-0.4, -0.2) is 20.7 Å². The molecule has 0 saturated heterocycles. The molecule has 0 bridgehead atoms. The molecule has 4 rings (SSSR count). The number of rotatable bonds is 4. The number of carbonyl (C=O) groups excluding carboxylic acids is 1. The summed E-state index contributed by atoms with van der Waals surface area (Å²) >= 11 is 0. The molecule has 0 aliphatic carbocycles. The van der Waals surface area contributed by atoms with Gasteiger partial charge in [-0.1, -0.05) is 36.4 Å². The van der Waals surface area contributed by atoms with Gasteiger partial charge in [0.15, 0.2) is 0 Å². The molecule has 0 spiro atoms. The van der Waals surface area contributed by atoms with Crippen LogP contribution in [0.4, 0.5) is 10.1 Å². The van der Waals surface area contributed by atoms with Gasteiger partial charge in [0, 0.05) is 11.6 Å². The number of pyridine rings is 1. The normalized spacial score (nSPS) is 11.0. The fourth-order valence-corrected chi connectivity index (χ4v) is 3.20. The summed E-state index contributed by atoms with van der Waals surface area (Å²) < 4.78 is 15.2. The Balaban J connectivity index is 1.58. The van der Waals surface area contributed by atoms with Crippen molar-refractivity contribution in [1.82, 2.24) is 14.8 Å². The molecule has 0 radical (unpaired) electrons. The highest BCUT2D eigenvalue weighted by molar-refractivity contribution is 6.05. The molecule has 2 aromatic carbocycles. The second-order valence-electron chi connectivity index (χ2n) is 6.70. The lowest BCUT2D eigenvalue weighted by atomic mass is 10.1. The molecule has 28 heavy (non-hydrogen) atoms. The zero-order valence-corrected chi connectivity index (χ0v) is 15.6. The van der Waals surface area contributed by atoms with E-state index >= 15 is 0 Å². The first-order chi connectivity index (χ1) is 13.5. The van der Waals surface area contributed by atoms with Gasteiger partial charge in [-0.25, -0.2) is 4.39 Å². The average molecular weight is 374 g/mol. The number of nitrogens with zero attached hydrogens (tertiary/aromatic N) is 3. The largest absolute Gasteiger partial charge is 0.317 e. The third-order valence-electron chi connectivity index (χ3n) is 4.71. The van der Waals surface area contributed by atoms with Crippen molar-refractivity contribution in [3.05, 3.63) is 89.3 Å². The number of aromatic nitrogens is 3. The van der Waals surface area contributed by atoms with Gasteiger partial charge in [-0.05, 0) is 43.0 Å². The maximum atomic E-state index is 13.3. The Kier molecular flexibility index (Phi) is 4.61. The Bertz CT molecular complexity index is 1170. The minimum atomic E-state index is -0.330. The van der Waals surface area contributed by atoms with Crippen molar-refractivity contribution < 1.29 is 9.18 Å². The van der Waals surface area contributed by atoms with Crippen LogP contribution in [0.3, 0.4) is 0 Å². The first kappa shape index (κ1) is 17.9. The maximum absolute atomic E-state index is 13.3. The molecule has 1 amide bonds. The molecule has 0 fully saturated rings. The number of amides is 1. The second kappa shape index (κ2) is 7.23. The van der Waals surface area contributed by atoms with E-state index in [1.807, 2.05) is 48.9 Å². The van der Waals surface area contributed by atoms with Gasteiger partial charge < -0.3 is 5.32 Å². The molecule has 4 aromatic rings. The van der Waals surface area contributed by atoms with Gasteiger partial charge in [-0.2, -0.15) is 5.10 Å². The van der Waals surface area contributed by atoms with E-state index < -0.39 is 0 Å². The quantitative estimate of drug-likeness (QED) is 0.573. The van der Waals surface area contributed by atoms with Crippen molar-refractivity contribution in [3.63, 3.8) is 0 Å². The second-order valence-corrected chi connectivity index (χ2v) is 6.70. The predicted molar refractivity (Wildman–Crippen MR) is 107 cm³/mol. The highest BCUT2D eigenvalue weighted by atomic mass is 19.1. The summed E-state index contributed by atoms with van der Waals surface area (Å²) in [5.74, 6) is -0.653. The molecule has 6 heteroatoms. The lowest BCUT2D eigenvalue weighted by Crippen LogP contribution is -2.15. The minimum Gasteiger partial charge on any atom is -0.317 e. The van der Waals surface area contributed by atoms with Crippen LogP contribution in [0.5, 0.6) is 0 Å². The van der Waals surface area contributed by atoms with Gasteiger partial charge in [0.2, 0.25) is 0 Å². The number of hydrogen-bond acceptors (Lipinski definition) is 3. The Morgan fingerprint density at radius 1 is 1.07 bits per heavy atom. The molecule has 0 atom stereocenters. The van der Waals surface area contributed by atoms with Crippen molar-refractivity contribution in [2.75, 3.05) is 5.32 Å². The molecule has 140 valence electrons. The van der Waals surface area contributed by atoms with Crippen LogP contribution in [0.25, 0.3) is 10.8 Å². The Labute approximate surface area is 161 Å². The number of fused-ring (bicyclic) bond motifs is 1. The third kappa shape index (κ3) is 3.49. The fourth-order valence-electron chi connectivity index (χ4n) is 3.20. The molecule has 0 aliphatic heterocycles. The summed E-state index contributed by atoms with van der Waals surface area (Å²) in [5.41, 5.74) is 3.70. The van der Waals surface area contributed by atoms with Gasteiger partial charge in [-0.3, -0.25) is 14.5 Å². The van der Waals surface area contributed by atoms with Crippen molar-refractivity contribution in [1.29, 1.82) is 0 Å². The summed E-state index contributed by atoms with van der Waals surface area (Å²) in [6, 6.07) is 16.1. The maximum Gasteiger partial charge on any atom is 0.274 e. The van der Waals surface area contributed by atoms with Gasteiger partial charge >= 0.3 is 0 Å². The molecule has 2 aromatic heterocycles. The number of nitrogens with one attached hydrogen (secondary N) is 1. The standard InChI is InChI=1S/C22H19FN4O/c1-14-21(15(2)27(26-14)13-16-6-4-3-5-7-16)25-22(28)20-11-17-8-9-19(23)10-18(17)12-24-20/h3-12H,13H2,1-2H3,(H,25,28). The van der Waals surface area contributed by atoms with Crippen molar-refractivity contribution in [2.24, 2.45) is 0 Å². The van der Waals surface area contributed by atoms with Crippen molar-refractivity contribution in [3.8, 4) is 0 Å².